The molecule has 21 unspecified atom stereocenters. The van der Waals surface area contributed by atoms with Crippen molar-refractivity contribution in [2.75, 3.05) is 0 Å². The molecule has 552 valence electrons. The molecule has 2 saturated carbocycles. The number of rotatable bonds is 0. The van der Waals surface area contributed by atoms with E-state index in [-0.39, 0.29) is 0 Å². The van der Waals surface area contributed by atoms with Gasteiger partial charge in [0, 0.05) is 12.8 Å². The van der Waals surface area contributed by atoms with E-state index in [1.165, 1.54) is 96.3 Å². The van der Waals surface area contributed by atoms with E-state index >= 15 is 0 Å². The van der Waals surface area contributed by atoms with E-state index in [1.54, 1.807) is 0 Å². The van der Waals surface area contributed by atoms with Gasteiger partial charge in [-0.05, 0) is 176 Å². The highest BCUT2D eigenvalue weighted by atomic mass is 16.5. The first-order valence-corrected chi connectivity index (χ1v) is 40.1. The first-order chi connectivity index (χ1) is 43.5. The largest absolute Gasteiger partial charge is 0.375 e. The quantitative estimate of drug-likeness (QED) is 0.224. The number of fused-ring (bicyclic) bond motifs is 13. The van der Waals surface area contributed by atoms with Crippen molar-refractivity contribution in [3.05, 3.63) is 36.5 Å². The molecule has 2 aliphatic carbocycles. The summed E-state index contributed by atoms with van der Waals surface area (Å²) in [5, 5.41) is 0. The maximum absolute atomic E-state index is 5.94. The molecule has 7 nitrogen and oxygen atoms in total. The minimum atomic E-state index is 0.397. The number of hydrogen-bond donors (Lipinski definition) is 0. The van der Waals surface area contributed by atoms with Crippen LogP contribution in [-0.4, -0.2) is 85.5 Å². The van der Waals surface area contributed by atoms with E-state index < -0.39 is 0 Å². The summed E-state index contributed by atoms with van der Waals surface area (Å²) in [4.78, 5) is 0. The van der Waals surface area contributed by atoms with Crippen LogP contribution in [0.4, 0.5) is 0 Å². The lowest BCUT2D eigenvalue weighted by Gasteiger charge is -2.51. The van der Waals surface area contributed by atoms with Gasteiger partial charge in [0.2, 0.25) is 0 Å². The molecule has 0 radical (unpaired) electrons. The first-order valence-electron chi connectivity index (χ1n) is 40.1. The van der Waals surface area contributed by atoms with Gasteiger partial charge in [0.15, 0.2) is 0 Å². The smallest absolute Gasteiger partial charge is 0.0799 e. The van der Waals surface area contributed by atoms with Crippen molar-refractivity contribution in [3.63, 3.8) is 0 Å². The Bertz CT molecular complexity index is 1980. The lowest BCUT2D eigenvalue weighted by molar-refractivity contribution is -0.204. The van der Waals surface area contributed by atoms with Crippen molar-refractivity contribution in [2.24, 2.45) is 79.3 Å². The average Bonchev–Trinajstić information content (AvgIpc) is 1.30. The van der Waals surface area contributed by atoms with Crippen LogP contribution in [0.3, 0.4) is 0 Å². The Morgan fingerprint density at radius 1 is 0.226 bits per heavy atom. The van der Waals surface area contributed by atoms with Gasteiger partial charge in [-0.15, -0.1) is 0 Å². The fourth-order valence-corrected chi connectivity index (χ4v) is 16.9. The molecule has 16 aliphatic rings. The second-order valence-corrected chi connectivity index (χ2v) is 35.3. The molecule has 14 heterocycles. The molecular formula is C86H166O7. The summed E-state index contributed by atoms with van der Waals surface area (Å²) in [6.07, 6.45) is 43.0. The summed E-state index contributed by atoms with van der Waals surface area (Å²) in [6.45, 7) is 76.8. The van der Waals surface area contributed by atoms with Crippen LogP contribution in [0.25, 0.3) is 0 Å². The fraction of sp³-hybridized carbons (Fsp3) is 0.930. The molecule has 21 atom stereocenters. The van der Waals surface area contributed by atoms with Crippen LogP contribution in [0.2, 0.25) is 0 Å². The second kappa shape index (κ2) is 41.0. The third kappa shape index (κ3) is 27.4. The molecule has 11 saturated heterocycles. The van der Waals surface area contributed by atoms with E-state index in [0.717, 1.165) is 54.3 Å². The highest BCUT2D eigenvalue weighted by Gasteiger charge is 2.51. The van der Waals surface area contributed by atoms with Gasteiger partial charge in [-0.25, -0.2) is 0 Å². The summed E-state index contributed by atoms with van der Waals surface area (Å²) >= 11 is 0. The molecule has 14 bridgehead atoms. The molecule has 14 aliphatic heterocycles. The molecule has 7 heteroatoms. The number of ether oxygens (including phenoxy) is 7. The van der Waals surface area contributed by atoms with Gasteiger partial charge in [-0.1, -0.05) is 279 Å². The van der Waals surface area contributed by atoms with E-state index in [9.17, 15) is 0 Å². The molecule has 0 aromatic heterocycles. The zero-order chi connectivity index (χ0) is 71.8. The van der Waals surface area contributed by atoms with Crippen molar-refractivity contribution >= 4 is 0 Å². The van der Waals surface area contributed by atoms with E-state index in [0.29, 0.717) is 123 Å². The van der Waals surface area contributed by atoms with Crippen LogP contribution in [0.15, 0.2) is 36.5 Å². The Kier molecular flexibility index (Phi) is 39.7. The maximum Gasteiger partial charge on any atom is 0.0799 e. The van der Waals surface area contributed by atoms with E-state index in [2.05, 4.69) is 182 Å². The van der Waals surface area contributed by atoms with Crippen molar-refractivity contribution in [3.8, 4) is 0 Å². The summed E-state index contributed by atoms with van der Waals surface area (Å²) < 4.78 is 40.5. The first kappa shape index (κ1) is 90.0. The van der Waals surface area contributed by atoms with E-state index in [4.69, 9.17) is 33.2 Å². The van der Waals surface area contributed by atoms with Crippen molar-refractivity contribution in [2.45, 2.75) is 437 Å². The highest BCUT2D eigenvalue weighted by Crippen LogP contribution is 2.52. The topological polar surface area (TPSA) is 64.6 Å². The average molecular weight is 1310 g/mol. The van der Waals surface area contributed by atoms with Crippen LogP contribution in [0.5, 0.6) is 0 Å². The Labute approximate surface area is 582 Å². The molecule has 0 N–H and O–H groups in total. The van der Waals surface area contributed by atoms with Gasteiger partial charge in [-0.3, -0.25) is 0 Å². The Morgan fingerprint density at radius 3 is 0.892 bits per heavy atom. The predicted octanol–water partition coefficient (Wildman–Crippen LogP) is 25.5. The van der Waals surface area contributed by atoms with Gasteiger partial charge in [0.25, 0.3) is 0 Å². The molecule has 93 heavy (non-hydrogen) atoms. The van der Waals surface area contributed by atoms with Gasteiger partial charge >= 0.3 is 0 Å². The summed E-state index contributed by atoms with van der Waals surface area (Å²) in [5.41, 5.74) is 3.04. The van der Waals surface area contributed by atoms with Crippen LogP contribution in [-0.2, 0) is 33.2 Å². The van der Waals surface area contributed by atoms with Crippen LogP contribution in [0, 0.1) is 79.3 Å². The third-order valence-corrected chi connectivity index (χ3v) is 21.9. The van der Waals surface area contributed by atoms with E-state index in [1.807, 2.05) is 96.9 Å². The maximum atomic E-state index is 5.94. The molecule has 0 amide bonds. The lowest BCUT2D eigenvalue weighted by Crippen LogP contribution is -2.51. The zero-order valence-electron chi connectivity index (χ0n) is 69.0. The molecule has 16 rings (SSSR count). The summed E-state index contributed by atoms with van der Waals surface area (Å²) in [5.74, 6) is 5.48. The third-order valence-electron chi connectivity index (χ3n) is 21.9. The highest BCUT2D eigenvalue weighted by molar-refractivity contribution is 5.13. The van der Waals surface area contributed by atoms with Crippen LogP contribution in [0.1, 0.15) is 351 Å². The monoisotopic (exact) mass is 1310 g/mol. The SMILES string of the molecule is CC.CC.CC.CC.CC.CC.CC.CC(C)(C)C1CC2C=CC1O2.CC(C)(C)C1CC2C=CCC1O2.CC(C)(C)C1CC2CC1O2.CC(C)(C)C1CC2CC=CC1O2.CC(C)(C)C1CC2CCC1O2.CC(C)(C)C1CC2CCCC1O2.CC(C)(C)C1CCC2CC1O2. The van der Waals surface area contributed by atoms with Crippen LogP contribution < -0.4 is 0 Å². The van der Waals surface area contributed by atoms with Gasteiger partial charge in [-0.2, -0.15) is 0 Å². The summed E-state index contributed by atoms with van der Waals surface area (Å²) in [7, 11) is 0. The van der Waals surface area contributed by atoms with Crippen molar-refractivity contribution < 1.29 is 33.2 Å². The molecule has 0 aromatic carbocycles. The molecule has 0 spiro atoms. The molecule has 0 aromatic rings. The Hall–Kier alpha value is -1.06. The predicted molar refractivity (Wildman–Crippen MR) is 407 cm³/mol. The van der Waals surface area contributed by atoms with Gasteiger partial charge in [0.05, 0.1) is 85.5 Å². The zero-order valence-corrected chi connectivity index (χ0v) is 69.0. The number of hydrogen-bond acceptors (Lipinski definition) is 7. The normalized spacial score (nSPS) is 36.4. The van der Waals surface area contributed by atoms with Crippen molar-refractivity contribution in [1.82, 2.24) is 0 Å². The molecule has 13 fully saturated rings. The van der Waals surface area contributed by atoms with Gasteiger partial charge < -0.3 is 33.2 Å². The second-order valence-electron chi connectivity index (χ2n) is 35.3. The standard InChI is InChI=1S/C11H20O.2C11H18O.C10H18O.C10H16O.C10H18O.C9H16O.7C2H6/c3*1-11(2,3)9-7-8-5-4-6-10(9)12-8;2*1-10(2,3)8-6-7-4-5-9(8)11-7;1-10(2,3)8-5-4-7-6-9(8)11-7;1-9(2,3)7-4-6-5-8(7)10-6;7*1-2/h8-10H,4-7H2,1-3H3;4,6,8-10H,5,7H2,1-3H3;4-5,8-10H,6-7H2,1-3H3;7-9H,4-6H2,1-3H3;4-5,7-9H,6H2,1-3H3;7-9H,4-6H2,1-3H3;6-8H,4-5H2,1-3H3;7*1-2H3. The van der Waals surface area contributed by atoms with Gasteiger partial charge in [0.1, 0.15) is 0 Å². The fourth-order valence-electron chi connectivity index (χ4n) is 16.9. The minimum Gasteiger partial charge on any atom is -0.375 e. The minimum absolute atomic E-state index is 0.397. The summed E-state index contributed by atoms with van der Waals surface area (Å²) in [6, 6.07) is 0. The Morgan fingerprint density at radius 2 is 0.559 bits per heavy atom. The molecular weight excluding hydrogens is 1140 g/mol. The Balaban J connectivity index is 0.000000525. The lowest BCUT2D eigenvalue weighted by atomic mass is 9.67. The van der Waals surface area contributed by atoms with Crippen LogP contribution >= 0.6 is 0 Å². The van der Waals surface area contributed by atoms with Crippen molar-refractivity contribution in [1.29, 1.82) is 0 Å².